The molecule has 156 valence electrons. The number of hydrogen-bond donors (Lipinski definition) is 1. The van der Waals surface area contributed by atoms with Gasteiger partial charge in [-0.05, 0) is 37.5 Å². The fourth-order valence-corrected chi connectivity index (χ4v) is 3.89. The van der Waals surface area contributed by atoms with Gasteiger partial charge in [0.15, 0.2) is 0 Å². The number of nitrogens with one attached hydrogen (secondary N) is 1. The van der Waals surface area contributed by atoms with E-state index in [1.807, 2.05) is 30.3 Å². The molecule has 2 atom stereocenters. The smallest absolute Gasteiger partial charge is 0.298 e. The minimum atomic E-state index is -4.02. The van der Waals surface area contributed by atoms with E-state index in [4.69, 9.17) is 4.74 Å². The fraction of sp³-hybridized carbons (Fsp3) is 0.333. The van der Waals surface area contributed by atoms with Crippen molar-refractivity contribution in [1.82, 2.24) is 0 Å². The van der Waals surface area contributed by atoms with E-state index < -0.39 is 28.0 Å². The number of carbonyl (C=O) groups is 2. The van der Waals surface area contributed by atoms with Crippen molar-refractivity contribution in [3.63, 3.8) is 0 Å². The Morgan fingerprint density at radius 1 is 1.00 bits per heavy atom. The van der Waals surface area contributed by atoms with Gasteiger partial charge in [-0.2, -0.15) is 8.42 Å². The second-order valence-electron chi connectivity index (χ2n) is 6.49. The van der Waals surface area contributed by atoms with Gasteiger partial charge < -0.3 is 10.1 Å². The number of ether oxygens (including phenoxy) is 1. The second-order valence-corrected chi connectivity index (χ2v) is 8.17. The molecule has 0 radical (unpaired) electrons. The van der Waals surface area contributed by atoms with E-state index in [0.29, 0.717) is 12.8 Å². The summed E-state index contributed by atoms with van der Waals surface area (Å²) >= 11 is 0. The maximum atomic E-state index is 12.9. The van der Waals surface area contributed by atoms with Gasteiger partial charge in [-0.15, -0.1) is 0 Å². The molecule has 2 rings (SSSR count). The Kier molecular flexibility index (Phi) is 8.07. The third-order valence-corrected chi connectivity index (χ3v) is 5.92. The lowest BCUT2D eigenvalue weighted by molar-refractivity contribution is -0.135. The topological polar surface area (TPSA) is 98.8 Å². The molecule has 7 nitrogen and oxygen atoms in total. The van der Waals surface area contributed by atoms with Gasteiger partial charge in [-0.1, -0.05) is 42.5 Å². The van der Waals surface area contributed by atoms with Crippen LogP contribution in [0.15, 0.2) is 59.5 Å². The predicted molar refractivity (Wildman–Crippen MR) is 109 cm³/mol. The third kappa shape index (κ3) is 5.96. The highest BCUT2D eigenvalue weighted by molar-refractivity contribution is 7.87. The van der Waals surface area contributed by atoms with Crippen LogP contribution in [0.5, 0.6) is 0 Å². The standard InChI is InChI=1S/C21H25NO6S/c1-15(23)20(18(27-2)14-13-16-9-5-4-6-10-16)21(24)22-17-11-7-8-12-19(17)29(25,26)28-3/h4-12,18,20H,13-14H2,1-3H3,(H,22,24). The molecule has 0 spiro atoms. The number of amides is 1. The molecular formula is C21H25NO6S. The van der Waals surface area contributed by atoms with Crippen LogP contribution in [0.3, 0.4) is 0 Å². The van der Waals surface area contributed by atoms with E-state index in [1.165, 1.54) is 32.2 Å². The van der Waals surface area contributed by atoms with Gasteiger partial charge in [0.25, 0.3) is 10.1 Å². The molecule has 0 aliphatic rings. The van der Waals surface area contributed by atoms with Crippen molar-refractivity contribution in [3.8, 4) is 0 Å². The van der Waals surface area contributed by atoms with Crippen molar-refractivity contribution in [2.75, 3.05) is 19.5 Å². The minimum absolute atomic E-state index is 0.0449. The number of hydrogen-bond acceptors (Lipinski definition) is 6. The molecule has 0 saturated carbocycles. The van der Waals surface area contributed by atoms with Crippen LogP contribution in [0, 0.1) is 5.92 Å². The number of para-hydroxylation sites is 1. The van der Waals surface area contributed by atoms with Crippen molar-refractivity contribution < 1.29 is 26.9 Å². The van der Waals surface area contributed by atoms with E-state index in [1.54, 1.807) is 6.07 Å². The van der Waals surface area contributed by atoms with Crippen LogP contribution in [0.25, 0.3) is 0 Å². The summed E-state index contributed by atoms with van der Waals surface area (Å²) in [5.41, 5.74) is 1.11. The molecule has 2 aromatic rings. The monoisotopic (exact) mass is 419 g/mol. The summed E-state index contributed by atoms with van der Waals surface area (Å²) in [6, 6.07) is 15.5. The van der Waals surface area contributed by atoms with E-state index in [9.17, 15) is 18.0 Å². The Balaban J connectivity index is 2.22. The van der Waals surface area contributed by atoms with E-state index in [0.717, 1.165) is 12.7 Å². The maximum Gasteiger partial charge on any atom is 0.298 e. The van der Waals surface area contributed by atoms with Crippen LogP contribution >= 0.6 is 0 Å². The predicted octanol–water partition coefficient (Wildman–Crippen LogP) is 2.81. The van der Waals surface area contributed by atoms with Crippen molar-refractivity contribution in [2.24, 2.45) is 5.92 Å². The highest BCUT2D eigenvalue weighted by atomic mass is 32.2. The third-order valence-electron chi connectivity index (χ3n) is 4.59. The number of methoxy groups -OCH3 is 1. The van der Waals surface area contributed by atoms with Crippen LogP contribution in [-0.2, 0) is 35.0 Å². The Morgan fingerprint density at radius 2 is 1.62 bits per heavy atom. The molecule has 0 aliphatic carbocycles. The van der Waals surface area contributed by atoms with Crippen molar-refractivity contribution >= 4 is 27.5 Å². The normalized spacial score (nSPS) is 13.5. The molecule has 1 amide bonds. The van der Waals surface area contributed by atoms with Gasteiger partial charge in [0.1, 0.15) is 16.6 Å². The first-order valence-electron chi connectivity index (χ1n) is 9.08. The Bertz CT molecular complexity index is 943. The van der Waals surface area contributed by atoms with Gasteiger partial charge in [0, 0.05) is 7.11 Å². The van der Waals surface area contributed by atoms with E-state index in [2.05, 4.69) is 9.50 Å². The lowest BCUT2D eigenvalue weighted by Crippen LogP contribution is -2.39. The number of Topliss-reactive ketones (excluding diaryl/α,β-unsaturated/α-hetero) is 1. The van der Waals surface area contributed by atoms with Crippen LogP contribution in [0.2, 0.25) is 0 Å². The molecule has 0 fully saturated rings. The fourth-order valence-electron chi connectivity index (χ4n) is 3.08. The number of anilines is 1. The largest absolute Gasteiger partial charge is 0.380 e. The van der Waals surface area contributed by atoms with Crippen LogP contribution in [0.4, 0.5) is 5.69 Å². The summed E-state index contributed by atoms with van der Waals surface area (Å²) in [5.74, 6) is -2.08. The Morgan fingerprint density at radius 3 is 2.21 bits per heavy atom. The molecular weight excluding hydrogens is 394 g/mol. The summed E-state index contributed by atoms with van der Waals surface area (Å²) in [6.45, 7) is 1.32. The Hall–Kier alpha value is -2.55. The molecule has 0 heterocycles. The van der Waals surface area contributed by atoms with E-state index >= 15 is 0 Å². The van der Waals surface area contributed by atoms with Gasteiger partial charge >= 0.3 is 0 Å². The molecule has 0 aliphatic heterocycles. The van der Waals surface area contributed by atoms with Crippen LogP contribution in [-0.4, -0.2) is 40.4 Å². The lowest BCUT2D eigenvalue weighted by atomic mass is 9.92. The molecule has 2 aromatic carbocycles. The van der Waals surface area contributed by atoms with Crippen LogP contribution in [0.1, 0.15) is 18.9 Å². The van der Waals surface area contributed by atoms with Crippen LogP contribution < -0.4 is 5.32 Å². The summed E-state index contributed by atoms with van der Waals surface area (Å²) in [6.07, 6.45) is 0.431. The SMILES string of the molecule is COC(CCc1ccccc1)C(C(C)=O)C(=O)Nc1ccccc1S(=O)(=O)OC. The number of rotatable bonds is 10. The van der Waals surface area contributed by atoms with Gasteiger partial charge in [0.2, 0.25) is 5.91 Å². The minimum Gasteiger partial charge on any atom is -0.380 e. The average molecular weight is 419 g/mol. The van der Waals surface area contributed by atoms with Gasteiger partial charge in [-0.3, -0.25) is 13.8 Å². The lowest BCUT2D eigenvalue weighted by Gasteiger charge is -2.24. The molecule has 0 bridgehead atoms. The van der Waals surface area contributed by atoms with Crippen molar-refractivity contribution in [2.45, 2.75) is 30.8 Å². The maximum absolute atomic E-state index is 12.9. The number of ketones is 1. The summed E-state index contributed by atoms with van der Waals surface area (Å²) < 4.78 is 34.2. The molecule has 0 saturated heterocycles. The highest BCUT2D eigenvalue weighted by Crippen LogP contribution is 2.24. The van der Waals surface area contributed by atoms with Crippen molar-refractivity contribution in [1.29, 1.82) is 0 Å². The first-order valence-corrected chi connectivity index (χ1v) is 10.5. The van der Waals surface area contributed by atoms with Crippen molar-refractivity contribution in [3.05, 3.63) is 60.2 Å². The zero-order valence-corrected chi connectivity index (χ0v) is 17.4. The first-order chi connectivity index (χ1) is 13.8. The Labute approximate surface area is 171 Å². The molecule has 1 N–H and O–H groups in total. The summed E-state index contributed by atoms with van der Waals surface area (Å²) in [7, 11) is -1.54. The average Bonchev–Trinajstić information content (AvgIpc) is 2.71. The highest BCUT2D eigenvalue weighted by Gasteiger charge is 2.33. The first kappa shape index (κ1) is 22.7. The number of benzene rings is 2. The zero-order chi connectivity index (χ0) is 21.4. The molecule has 29 heavy (non-hydrogen) atoms. The summed E-state index contributed by atoms with van der Waals surface area (Å²) in [5, 5.41) is 2.55. The molecule has 0 aromatic heterocycles. The van der Waals surface area contributed by atoms with Gasteiger partial charge in [-0.25, -0.2) is 0 Å². The number of carbonyl (C=O) groups excluding carboxylic acids is 2. The second kappa shape index (κ2) is 10.3. The zero-order valence-electron chi connectivity index (χ0n) is 16.6. The van der Waals surface area contributed by atoms with Gasteiger partial charge in [0.05, 0.1) is 18.9 Å². The quantitative estimate of drug-likeness (QED) is 0.470. The molecule has 2 unspecified atom stereocenters. The summed E-state index contributed by atoms with van der Waals surface area (Å²) in [4.78, 5) is 24.9. The molecule has 8 heteroatoms. The number of aryl methyl sites for hydroxylation is 1. The van der Waals surface area contributed by atoms with E-state index in [-0.39, 0.29) is 16.4 Å².